The van der Waals surface area contributed by atoms with Crippen molar-refractivity contribution < 1.29 is 20.1 Å². The SMILES string of the molecule is C=C(O)COC(O)CCO. The molecule has 0 aliphatic rings. The van der Waals surface area contributed by atoms with Crippen LogP contribution in [0.2, 0.25) is 0 Å². The molecule has 1 atom stereocenters. The van der Waals surface area contributed by atoms with Gasteiger partial charge in [-0.25, -0.2) is 0 Å². The smallest absolute Gasteiger partial charge is 0.157 e. The third-order valence-corrected chi connectivity index (χ3v) is 0.818. The Bertz CT molecular complexity index is 102. The zero-order valence-corrected chi connectivity index (χ0v) is 5.66. The van der Waals surface area contributed by atoms with Gasteiger partial charge >= 0.3 is 0 Å². The summed E-state index contributed by atoms with van der Waals surface area (Å²) in [6.45, 7) is 2.91. The van der Waals surface area contributed by atoms with Gasteiger partial charge in [0.05, 0.1) is 0 Å². The summed E-state index contributed by atoms with van der Waals surface area (Å²) in [6.07, 6.45) is -0.873. The molecule has 0 aromatic rings. The predicted molar refractivity (Wildman–Crippen MR) is 35.4 cm³/mol. The van der Waals surface area contributed by atoms with Crippen LogP contribution in [0.4, 0.5) is 0 Å². The molecule has 0 radical (unpaired) electrons. The van der Waals surface area contributed by atoms with Crippen LogP contribution in [0.3, 0.4) is 0 Å². The second kappa shape index (κ2) is 5.22. The molecule has 10 heavy (non-hydrogen) atoms. The maximum atomic E-state index is 8.76. The highest BCUT2D eigenvalue weighted by Gasteiger charge is 2.01. The summed E-state index contributed by atoms with van der Waals surface area (Å²) in [5.41, 5.74) is 0. The first kappa shape index (κ1) is 9.42. The summed E-state index contributed by atoms with van der Waals surface area (Å²) >= 11 is 0. The molecule has 0 aliphatic heterocycles. The lowest BCUT2D eigenvalue weighted by Crippen LogP contribution is -2.14. The zero-order chi connectivity index (χ0) is 7.98. The number of aliphatic hydroxyl groups is 3. The number of ether oxygens (including phenoxy) is 1. The fourth-order valence-corrected chi connectivity index (χ4v) is 0.386. The summed E-state index contributed by atoms with van der Waals surface area (Å²) in [5.74, 6) is -0.142. The van der Waals surface area contributed by atoms with Crippen LogP contribution in [0.15, 0.2) is 12.3 Å². The van der Waals surface area contributed by atoms with E-state index in [1.807, 2.05) is 0 Å². The van der Waals surface area contributed by atoms with E-state index in [9.17, 15) is 0 Å². The number of hydrogen-bond donors (Lipinski definition) is 3. The Morgan fingerprint density at radius 2 is 2.20 bits per heavy atom. The van der Waals surface area contributed by atoms with Gasteiger partial charge in [-0.05, 0) is 0 Å². The largest absolute Gasteiger partial charge is 0.510 e. The van der Waals surface area contributed by atoms with Crippen LogP contribution in [-0.4, -0.2) is 34.8 Å². The van der Waals surface area contributed by atoms with Gasteiger partial charge in [-0.3, -0.25) is 0 Å². The van der Waals surface area contributed by atoms with Crippen LogP contribution >= 0.6 is 0 Å². The average molecular weight is 148 g/mol. The fourth-order valence-electron chi connectivity index (χ4n) is 0.386. The highest BCUT2D eigenvalue weighted by atomic mass is 16.6. The van der Waals surface area contributed by atoms with Gasteiger partial charge in [0.1, 0.15) is 12.4 Å². The van der Waals surface area contributed by atoms with E-state index in [-0.39, 0.29) is 25.4 Å². The summed E-state index contributed by atoms with van der Waals surface area (Å²) in [5, 5.41) is 25.5. The highest BCUT2D eigenvalue weighted by Crippen LogP contribution is 1.94. The molecule has 0 aliphatic carbocycles. The van der Waals surface area contributed by atoms with Crippen LogP contribution < -0.4 is 0 Å². The van der Waals surface area contributed by atoms with Gasteiger partial charge in [-0.1, -0.05) is 6.58 Å². The van der Waals surface area contributed by atoms with Crippen molar-refractivity contribution in [3.8, 4) is 0 Å². The van der Waals surface area contributed by atoms with Crippen molar-refractivity contribution in [2.24, 2.45) is 0 Å². The molecule has 60 valence electrons. The van der Waals surface area contributed by atoms with E-state index in [4.69, 9.17) is 15.3 Å². The predicted octanol–water partition coefficient (Wildman–Crippen LogP) is -0.225. The van der Waals surface area contributed by atoms with E-state index in [0.29, 0.717) is 0 Å². The summed E-state index contributed by atoms with van der Waals surface area (Å²) < 4.78 is 4.59. The van der Waals surface area contributed by atoms with E-state index in [2.05, 4.69) is 11.3 Å². The molecule has 4 nitrogen and oxygen atoms in total. The van der Waals surface area contributed by atoms with E-state index in [0.717, 1.165) is 0 Å². The minimum atomic E-state index is -1.02. The molecule has 3 N–H and O–H groups in total. The second-order valence-corrected chi connectivity index (χ2v) is 1.84. The first-order chi connectivity index (χ1) is 4.66. The Morgan fingerprint density at radius 1 is 1.60 bits per heavy atom. The molecule has 1 unspecified atom stereocenters. The molecule has 4 heteroatoms. The maximum Gasteiger partial charge on any atom is 0.157 e. The lowest BCUT2D eigenvalue weighted by Gasteiger charge is -2.08. The van der Waals surface area contributed by atoms with Gasteiger partial charge in [0, 0.05) is 13.0 Å². The number of aliphatic hydroxyl groups excluding tert-OH is 3. The Labute approximate surface area is 59.4 Å². The molecule has 0 rings (SSSR count). The molecule has 0 heterocycles. The van der Waals surface area contributed by atoms with Gasteiger partial charge in [-0.15, -0.1) is 0 Å². The zero-order valence-electron chi connectivity index (χ0n) is 5.66. The normalized spacial score (nSPS) is 13.0. The topological polar surface area (TPSA) is 69.9 Å². The van der Waals surface area contributed by atoms with Crippen molar-refractivity contribution in [3.05, 3.63) is 12.3 Å². The molecule has 0 saturated carbocycles. The molecule has 0 fully saturated rings. The molecule has 0 aromatic heterocycles. The lowest BCUT2D eigenvalue weighted by atomic mass is 10.4. The Hall–Kier alpha value is -0.580. The molecule has 0 aromatic carbocycles. The van der Waals surface area contributed by atoms with E-state index >= 15 is 0 Å². The molecular weight excluding hydrogens is 136 g/mol. The van der Waals surface area contributed by atoms with Crippen LogP contribution in [0.5, 0.6) is 0 Å². The van der Waals surface area contributed by atoms with E-state index in [1.54, 1.807) is 0 Å². The Morgan fingerprint density at radius 3 is 2.60 bits per heavy atom. The third kappa shape index (κ3) is 5.55. The van der Waals surface area contributed by atoms with Crippen molar-refractivity contribution in [2.45, 2.75) is 12.7 Å². The van der Waals surface area contributed by atoms with Gasteiger partial charge in [-0.2, -0.15) is 0 Å². The lowest BCUT2D eigenvalue weighted by molar-refractivity contribution is -0.106. The third-order valence-electron chi connectivity index (χ3n) is 0.818. The van der Waals surface area contributed by atoms with E-state index < -0.39 is 6.29 Å². The standard InChI is InChI=1S/C6H12O4/c1-5(8)4-10-6(9)2-3-7/h6-9H,1-4H2. The summed E-state index contributed by atoms with van der Waals surface area (Å²) in [7, 11) is 0. The van der Waals surface area contributed by atoms with Crippen LogP contribution in [0.1, 0.15) is 6.42 Å². The maximum absolute atomic E-state index is 8.76. The average Bonchev–Trinajstić information content (AvgIpc) is 1.85. The Balaban J connectivity index is 3.21. The number of hydrogen-bond acceptors (Lipinski definition) is 4. The van der Waals surface area contributed by atoms with Gasteiger partial charge in [0.25, 0.3) is 0 Å². The highest BCUT2D eigenvalue weighted by molar-refractivity contribution is 4.77. The van der Waals surface area contributed by atoms with Crippen molar-refractivity contribution >= 4 is 0 Å². The second-order valence-electron chi connectivity index (χ2n) is 1.84. The van der Waals surface area contributed by atoms with Crippen LogP contribution in [0.25, 0.3) is 0 Å². The van der Waals surface area contributed by atoms with Crippen molar-refractivity contribution in [1.29, 1.82) is 0 Å². The van der Waals surface area contributed by atoms with Crippen LogP contribution in [-0.2, 0) is 4.74 Å². The Kier molecular flexibility index (Phi) is 4.92. The van der Waals surface area contributed by atoms with Gasteiger partial charge in [0.15, 0.2) is 6.29 Å². The van der Waals surface area contributed by atoms with Gasteiger partial charge < -0.3 is 20.1 Å². The molecular formula is C6H12O4. The first-order valence-corrected chi connectivity index (χ1v) is 2.94. The first-order valence-electron chi connectivity index (χ1n) is 2.94. The van der Waals surface area contributed by atoms with Crippen molar-refractivity contribution in [1.82, 2.24) is 0 Å². The van der Waals surface area contributed by atoms with Crippen LogP contribution in [0, 0.1) is 0 Å². The molecule has 0 spiro atoms. The summed E-state index contributed by atoms with van der Waals surface area (Å²) in [6, 6.07) is 0. The minimum absolute atomic E-state index is 0.0961. The monoisotopic (exact) mass is 148 g/mol. The fraction of sp³-hybridized carbons (Fsp3) is 0.667. The molecule has 0 bridgehead atoms. The molecule has 0 amide bonds. The van der Waals surface area contributed by atoms with E-state index in [1.165, 1.54) is 0 Å². The molecule has 0 saturated heterocycles. The van der Waals surface area contributed by atoms with Gasteiger partial charge in [0.2, 0.25) is 0 Å². The van der Waals surface area contributed by atoms with Crippen molar-refractivity contribution in [3.63, 3.8) is 0 Å². The quantitative estimate of drug-likeness (QED) is 0.372. The van der Waals surface area contributed by atoms with Crippen molar-refractivity contribution in [2.75, 3.05) is 13.2 Å². The minimum Gasteiger partial charge on any atom is -0.510 e. The summed E-state index contributed by atoms with van der Waals surface area (Å²) in [4.78, 5) is 0. The number of rotatable bonds is 5.